The van der Waals surface area contributed by atoms with Crippen molar-refractivity contribution in [2.24, 2.45) is 0 Å². The van der Waals surface area contributed by atoms with Crippen LogP contribution >= 0.6 is 23.2 Å². The molecule has 0 aromatic heterocycles. The van der Waals surface area contributed by atoms with Gasteiger partial charge in [-0.25, -0.2) is 12.8 Å². The van der Waals surface area contributed by atoms with Gasteiger partial charge in [-0.15, -0.1) is 0 Å². The summed E-state index contributed by atoms with van der Waals surface area (Å²) in [5.41, 5.74) is 1.42. The van der Waals surface area contributed by atoms with Gasteiger partial charge in [0.05, 0.1) is 17.0 Å². The largest absolute Gasteiger partial charge is 0.354 e. The first kappa shape index (κ1) is 30.4. The Hall–Kier alpha value is -3.14. The molecule has 39 heavy (non-hydrogen) atoms. The molecule has 0 aliphatic carbocycles. The fourth-order valence-electron chi connectivity index (χ4n) is 3.98. The molecule has 3 rings (SSSR count). The van der Waals surface area contributed by atoms with Gasteiger partial charge in [-0.2, -0.15) is 0 Å². The molecular weight excluding hydrogens is 564 g/mol. The predicted octanol–water partition coefficient (Wildman–Crippen LogP) is 5.06. The molecule has 3 aromatic rings. The van der Waals surface area contributed by atoms with Crippen LogP contribution in [0.3, 0.4) is 0 Å². The smallest absolute Gasteiger partial charge is 0.244 e. The van der Waals surface area contributed by atoms with Gasteiger partial charge in [-0.1, -0.05) is 78.7 Å². The minimum Gasteiger partial charge on any atom is -0.354 e. The second-order valence-corrected chi connectivity index (χ2v) is 11.7. The van der Waals surface area contributed by atoms with Crippen molar-refractivity contribution in [2.45, 2.75) is 32.4 Å². The van der Waals surface area contributed by atoms with Gasteiger partial charge >= 0.3 is 0 Å². The second-order valence-electron chi connectivity index (χ2n) is 8.98. The zero-order chi connectivity index (χ0) is 28.6. The Bertz CT molecular complexity index is 1410. The van der Waals surface area contributed by atoms with Crippen molar-refractivity contribution in [3.8, 4) is 0 Å². The third-order valence-electron chi connectivity index (χ3n) is 5.99. The number of carbonyl (C=O) groups excluding carboxylic acids is 2. The van der Waals surface area contributed by atoms with Crippen LogP contribution in [0.25, 0.3) is 0 Å². The number of amides is 2. The molecule has 0 saturated heterocycles. The highest BCUT2D eigenvalue weighted by Crippen LogP contribution is 2.26. The van der Waals surface area contributed by atoms with Crippen LogP contribution in [0, 0.1) is 5.82 Å². The van der Waals surface area contributed by atoms with Crippen LogP contribution in [0.15, 0.2) is 72.8 Å². The number of nitrogens with zero attached hydrogens (tertiary/aromatic N) is 2. The van der Waals surface area contributed by atoms with Crippen LogP contribution in [0.1, 0.15) is 24.5 Å². The fraction of sp³-hybridized carbons (Fsp3) is 0.286. The SMILES string of the molecule is CCCNC(=O)C(Cc1ccccc1)N(Cc1ccccc1Cl)C(=O)CN(c1ccc(F)c(Cl)c1)S(C)(=O)=O. The molecule has 0 heterocycles. The first-order valence-electron chi connectivity index (χ1n) is 12.3. The first-order valence-corrected chi connectivity index (χ1v) is 14.9. The monoisotopic (exact) mass is 593 g/mol. The van der Waals surface area contributed by atoms with Gasteiger partial charge in [0.2, 0.25) is 21.8 Å². The standard InChI is InChI=1S/C28H30Cl2FN3O4S/c1-3-15-32-28(36)26(16-20-9-5-4-6-10-20)33(18-21-11-7-8-12-23(21)29)27(35)19-34(39(2,37)38)22-13-14-25(31)24(30)17-22/h4-14,17,26H,3,15-16,18-19H2,1-2H3,(H,32,36). The number of hydrogen-bond acceptors (Lipinski definition) is 4. The maximum atomic E-state index is 13.9. The Morgan fingerprint density at radius 1 is 0.974 bits per heavy atom. The predicted molar refractivity (Wildman–Crippen MR) is 153 cm³/mol. The summed E-state index contributed by atoms with van der Waals surface area (Å²) in [5, 5.41) is 2.97. The summed E-state index contributed by atoms with van der Waals surface area (Å²) in [5.74, 6) is -1.75. The Balaban J connectivity index is 2.06. The molecule has 3 aromatic carbocycles. The number of halogens is 3. The van der Waals surface area contributed by atoms with Gasteiger partial charge in [0.1, 0.15) is 18.4 Å². The molecule has 7 nitrogen and oxygen atoms in total. The topological polar surface area (TPSA) is 86.8 Å². The Morgan fingerprint density at radius 3 is 2.26 bits per heavy atom. The van der Waals surface area contributed by atoms with E-state index in [0.717, 1.165) is 28.3 Å². The van der Waals surface area contributed by atoms with E-state index in [1.807, 2.05) is 37.3 Å². The van der Waals surface area contributed by atoms with Crippen LogP contribution < -0.4 is 9.62 Å². The summed E-state index contributed by atoms with van der Waals surface area (Å²) in [6.45, 7) is 1.63. The molecule has 1 atom stereocenters. The van der Waals surface area contributed by atoms with E-state index in [4.69, 9.17) is 23.2 Å². The van der Waals surface area contributed by atoms with Gasteiger partial charge < -0.3 is 10.2 Å². The lowest BCUT2D eigenvalue weighted by Gasteiger charge is -2.33. The Morgan fingerprint density at radius 2 is 1.64 bits per heavy atom. The van der Waals surface area contributed by atoms with Crippen molar-refractivity contribution in [3.05, 3.63) is 99.8 Å². The summed E-state index contributed by atoms with van der Waals surface area (Å²) in [4.78, 5) is 28.7. The molecule has 11 heteroatoms. The molecule has 0 saturated carbocycles. The number of anilines is 1. The molecule has 208 valence electrons. The van der Waals surface area contributed by atoms with Crippen molar-refractivity contribution >= 4 is 50.7 Å². The van der Waals surface area contributed by atoms with Crippen LogP contribution in [0.5, 0.6) is 0 Å². The van der Waals surface area contributed by atoms with Gasteiger partial charge in [-0.3, -0.25) is 13.9 Å². The second kappa shape index (κ2) is 13.8. The van der Waals surface area contributed by atoms with Gasteiger partial charge in [0.15, 0.2) is 0 Å². The molecular formula is C28H30Cl2FN3O4S. The van der Waals surface area contributed by atoms with E-state index < -0.39 is 34.3 Å². The van der Waals surface area contributed by atoms with E-state index in [1.54, 1.807) is 24.3 Å². The van der Waals surface area contributed by atoms with E-state index in [0.29, 0.717) is 23.6 Å². The molecule has 1 unspecified atom stereocenters. The van der Waals surface area contributed by atoms with E-state index in [2.05, 4.69) is 5.32 Å². The number of carbonyl (C=O) groups is 2. The summed E-state index contributed by atoms with van der Waals surface area (Å²) >= 11 is 12.3. The highest BCUT2D eigenvalue weighted by Gasteiger charge is 2.33. The van der Waals surface area contributed by atoms with Crippen molar-refractivity contribution < 1.29 is 22.4 Å². The van der Waals surface area contributed by atoms with Crippen molar-refractivity contribution in [3.63, 3.8) is 0 Å². The minimum absolute atomic E-state index is 0.0185. The van der Waals surface area contributed by atoms with E-state index in [-0.39, 0.29) is 29.6 Å². The molecule has 2 amide bonds. The number of hydrogen-bond donors (Lipinski definition) is 1. The van der Waals surface area contributed by atoms with Gasteiger partial charge in [0, 0.05) is 24.5 Å². The fourth-order valence-corrected chi connectivity index (χ4v) is 5.20. The molecule has 0 bridgehead atoms. The molecule has 0 spiro atoms. The first-order chi connectivity index (χ1) is 18.5. The lowest BCUT2D eigenvalue weighted by Crippen LogP contribution is -2.53. The van der Waals surface area contributed by atoms with Crippen LogP contribution in [0.2, 0.25) is 10.0 Å². The van der Waals surface area contributed by atoms with E-state index in [1.165, 1.54) is 11.0 Å². The maximum absolute atomic E-state index is 13.9. The number of nitrogens with one attached hydrogen (secondary N) is 1. The van der Waals surface area contributed by atoms with Crippen molar-refractivity contribution in [1.82, 2.24) is 10.2 Å². The lowest BCUT2D eigenvalue weighted by atomic mass is 10.0. The molecule has 1 N–H and O–H groups in total. The number of rotatable bonds is 12. The van der Waals surface area contributed by atoms with Crippen molar-refractivity contribution in [1.29, 1.82) is 0 Å². The molecule has 0 aliphatic rings. The molecule has 0 radical (unpaired) electrons. The lowest BCUT2D eigenvalue weighted by molar-refractivity contribution is -0.140. The molecule has 0 aliphatic heterocycles. The zero-order valence-electron chi connectivity index (χ0n) is 21.6. The third-order valence-corrected chi connectivity index (χ3v) is 7.79. The van der Waals surface area contributed by atoms with Crippen LogP contribution in [-0.4, -0.2) is 50.5 Å². The summed E-state index contributed by atoms with van der Waals surface area (Å²) in [6, 6.07) is 18.5. The van der Waals surface area contributed by atoms with Gasteiger partial charge in [0.25, 0.3) is 0 Å². The highest BCUT2D eigenvalue weighted by atomic mass is 35.5. The van der Waals surface area contributed by atoms with Crippen LogP contribution in [0.4, 0.5) is 10.1 Å². The average molecular weight is 595 g/mol. The van der Waals surface area contributed by atoms with E-state index in [9.17, 15) is 22.4 Å². The Labute approximate surface area is 238 Å². The number of benzene rings is 3. The zero-order valence-corrected chi connectivity index (χ0v) is 23.9. The van der Waals surface area contributed by atoms with Crippen LogP contribution in [-0.2, 0) is 32.6 Å². The normalized spacial score (nSPS) is 12.0. The van der Waals surface area contributed by atoms with E-state index >= 15 is 0 Å². The summed E-state index contributed by atoms with van der Waals surface area (Å²) in [7, 11) is -4.00. The summed E-state index contributed by atoms with van der Waals surface area (Å²) in [6.07, 6.45) is 1.81. The van der Waals surface area contributed by atoms with Gasteiger partial charge in [-0.05, 0) is 41.8 Å². The quantitative estimate of drug-likeness (QED) is 0.318. The van der Waals surface area contributed by atoms with Crippen molar-refractivity contribution in [2.75, 3.05) is 23.7 Å². The molecule has 0 fully saturated rings. The summed E-state index contributed by atoms with van der Waals surface area (Å²) < 4.78 is 40.1. The highest BCUT2D eigenvalue weighted by molar-refractivity contribution is 7.92. The third kappa shape index (κ3) is 8.42. The number of sulfonamides is 1. The minimum atomic E-state index is -4.00. The maximum Gasteiger partial charge on any atom is 0.244 e. The average Bonchev–Trinajstić information content (AvgIpc) is 2.90. The Kier molecular flexibility index (Phi) is 10.7.